The van der Waals surface area contributed by atoms with E-state index in [1.54, 1.807) is 12.4 Å². The third-order valence-electron chi connectivity index (χ3n) is 3.45. The van der Waals surface area contributed by atoms with E-state index >= 15 is 0 Å². The zero-order valence-electron chi connectivity index (χ0n) is 10.7. The van der Waals surface area contributed by atoms with Crippen molar-refractivity contribution in [3.8, 4) is 0 Å². The van der Waals surface area contributed by atoms with Crippen LogP contribution < -0.4 is 5.32 Å². The smallest absolute Gasteiger partial charge is 0.251 e. The third kappa shape index (κ3) is 2.76. The molecule has 0 saturated carbocycles. The van der Waals surface area contributed by atoms with Crippen LogP contribution in [0.3, 0.4) is 0 Å². The maximum atomic E-state index is 12.1. The highest BCUT2D eigenvalue weighted by Crippen LogP contribution is 2.13. The number of ether oxygens (including phenoxy) is 1. The van der Waals surface area contributed by atoms with Crippen molar-refractivity contribution in [3.63, 3.8) is 0 Å². The first-order chi connectivity index (χ1) is 9.33. The lowest BCUT2D eigenvalue weighted by Gasteiger charge is -2.22. The maximum Gasteiger partial charge on any atom is 0.251 e. The molecule has 0 bridgehead atoms. The van der Waals surface area contributed by atoms with E-state index in [2.05, 4.69) is 15.3 Å². The molecular weight excluding hydrogens is 242 g/mol. The number of nitrogens with one attached hydrogen (secondary N) is 2. The van der Waals surface area contributed by atoms with E-state index in [9.17, 15) is 4.79 Å². The van der Waals surface area contributed by atoms with Gasteiger partial charge in [0.25, 0.3) is 5.91 Å². The number of fused-ring (bicyclic) bond motifs is 1. The number of imidazole rings is 1. The fourth-order valence-corrected chi connectivity index (χ4v) is 2.35. The molecule has 3 rings (SSSR count). The summed E-state index contributed by atoms with van der Waals surface area (Å²) in [5.41, 5.74) is 2.39. The molecule has 1 aliphatic heterocycles. The average molecular weight is 259 g/mol. The van der Waals surface area contributed by atoms with Gasteiger partial charge in [-0.3, -0.25) is 4.79 Å². The molecule has 1 aromatic carbocycles. The number of aromatic nitrogens is 2. The summed E-state index contributed by atoms with van der Waals surface area (Å²) in [7, 11) is 0. The van der Waals surface area contributed by atoms with Gasteiger partial charge >= 0.3 is 0 Å². The Labute approximate surface area is 111 Å². The van der Waals surface area contributed by atoms with Crippen LogP contribution in [0.1, 0.15) is 29.6 Å². The summed E-state index contributed by atoms with van der Waals surface area (Å²) in [5, 5.41) is 2.93. The maximum absolute atomic E-state index is 12.1. The van der Waals surface area contributed by atoms with E-state index in [1.807, 2.05) is 12.1 Å². The van der Waals surface area contributed by atoms with Crippen molar-refractivity contribution < 1.29 is 9.53 Å². The number of benzene rings is 1. The van der Waals surface area contributed by atoms with E-state index < -0.39 is 0 Å². The predicted octanol–water partition coefficient (Wildman–Crippen LogP) is 1.86. The van der Waals surface area contributed by atoms with E-state index in [0.29, 0.717) is 12.1 Å². The van der Waals surface area contributed by atoms with Crippen molar-refractivity contribution in [2.45, 2.75) is 25.4 Å². The first kappa shape index (κ1) is 12.2. The Morgan fingerprint density at radius 2 is 2.42 bits per heavy atom. The van der Waals surface area contributed by atoms with E-state index in [0.717, 1.165) is 30.5 Å². The molecule has 1 amide bonds. The van der Waals surface area contributed by atoms with E-state index in [-0.39, 0.29) is 12.0 Å². The summed E-state index contributed by atoms with van der Waals surface area (Å²) in [6, 6.07) is 5.46. The topological polar surface area (TPSA) is 67.0 Å². The Morgan fingerprint density at radius 3 is 3.26 bits per heavy atom. The van der Waals surface area contributed by atoms with Gasteiger partial charge in [-0.2, -0.15) is 0 Å². The van der Waals surface area contributed by atoms with Gasteiger partial charge in [-0.15, -0.1) is 0 Å². The van der Waals surface area contributed by atoms with Crippen molar-refractivity contribution in [1.82, 2.24) is 15.3 Å². The number of nitrogens with zero attached hydrogens (tertiary/aromatic N) is 1. The van der Waals surface area contributed by atoms with Crippen LogP contribution in [0.2, 0.25) is 0 Å². The predicted molar refractivity (Wildman–Crippen MR) is 72.0 cm³/mol. The zero-order valence-corrected chi connectivity index (χ0v) is 10.7. The normalized spacial score (nSPS) is 19.5. The molecule has 1 aromatic heterocycles. The van der Waals surface area contributed by atoms with Crippen LogP contribution in [0.25, 0.3) is 11.0 Å². The van der Waals surface area contributed by atoms with Gasteiger partial charge in [0.05, 0.1) is 23.5 Å². The number of hydrogen-bond donors (Lipinski definition) is 2. The summed E-state index contributed by atoms with van der Waals surface area (Å²) in [6.07, 6.45) is 5.12. The summed E-state index contributed by atoms with van der Waals surface area (Å²) in [5.74, 6) is -0.0642. The van der Waals surface area contributed by atoms with E-state index in [1.165, 1.54) is 6.42 Å². The summed E-state index contributed by atoms with van der Waals surface area (Å²) in [4.78, 5) is 19.2. The molecule has 1 fully saturated rings. The van der Waals surface area contributed by atoms with Crippen LogP contribution >= 0.6 is 0 Å². The minimum atomic E-state index is -0.0642. The molecule has 2 aromatic rings. The minimum Gasteiger partial charge on any atom is -0.376 e. The molecule has 100 valence electrons. The van der Waals surface area contributed by atoms with Gasteiger partial charge in [0.1, 0.15) is 0 Å². The van der Waals surface area contributed by atoms with Gasteiger partial charge in [-0.05, 0) is 37.5 Å². The van der Waals surface area contributed by atoms with E-state index in [4.69, 9.17) is 4.74 Å². The first-order valence-corrected chi connectivity index (χ1v) is 6.66. The molecule has 2 heterocycles. The largest absolute Gasteiger partial charge is 0.376 e. The first-order valence-electron chi connectivity index (χ1n) is 6.66. The fraction of sp³-hybridized carbons (Fsp3) is 0.429. The monoisotopic (exact) mass is 259 g/mol. The van der Waals surface area contributed by atoms with Crippen molar-refractivity contribution >= 4 is 16.9 Å². The lowest BCUT2D eigenvalue weighted by Crippen LogP contribution is -2.35. The molecule has 0 aliphatic carbocycles. The quantitative estimate of drug-likeness (QED) is 0.884. The van der Waals surface area contributed by atoms with Crippen LogP contribution in [0, 0.1) is 0 Å². The molecule has 5 nitrogen and oxygen atoms in total. The lowest BCUT2D eigenvalue weighted by atomic mass is 10.1. The molecule has 1 aliphatic rings. The molecule has 0 spiro atoms. The van der Waals surface area contributed by atoms with Gasteiger partial charge in [-0.25, -0.2) is 4.98 Å². The number of aromatic amines is 1. The number of hydrogen-bond acceptors (Lipinski definition) is 3. The Morgan fingerprint density at radius 1 is 1.47 bits per heavy atom. The molecule has 19 heavy (non-hydrogen) atoms. The van der Waals surface area contributed by atoms with Gasteiger partial charge in [-0.1, -0.05) is 0 Å². The Balaban J connectivity index is 1.62. The van der Waals surface area contributed by atoms with Crippen LogP contribution in [0.4, 0.5) is 0 Å². The number of rotatable bonds is 3. The minimum absolute atomic E-state index is 0.0642. The summed E-state index contributed by atoms with van der Waals surface area (Å²) >= 11 is 0. The lowest BCUT2D eigenvalue weighted by molar-refractivity contribution is 0.0169. The molecule has 5 heteroatoms. The highest BCUT2D eigenvalue weighted by atomic mass is 16.5. The zero-order chi connectivity index (χ0) is 13.1. The Bertz CT molecular complexity index is 573. The summed E-state index contributed by atoms with van der Waals surface area (Å²) < 4.78 is 5.59. The summed E-state index contributed by atoms with van der Waals surface area (Å²) in [6.45, 7) is 1.39. The number of carbonyl (C=O) groups excluding carboxylic acids is 1. The fourth-order valence-electron chi connectivity index (χ4n) is 2.35. The molecule has 2 N–H and O–H groups in total. The molecule has 1 saturated heterocycles. The van der Waals surface area contributed by atoms with Crippen LogP contribution in [0.5, 0.6) is 0 Å². The molecule has 1 unspecified atom stereocenters. The standard InChI is InChI=1S/C14H17N3O2/c18-14(15-8-11-3-1-2-6-19-11)10-4-5-12-13(7-10)17-9-16-12/h4-5,7,9,11H,1-3,6,8H2,(H,15,18)(H,16,17). The second kappa shape index (κ2) is 5.40. The molecule has 1 atom stereocenters. The second-order valence-electron chi connectivity index (χ2n) is 4.83. The average Bonchev–Trinajstić information content (AvgIpc) is 2.93. The van der Waals surface area contributed by atoms with Gasteiger partial charge < -0.3 is 15.0 Å². The van der Waals surface area contributed by atoms with Crippen LogP contribution in [-0.4, -0.2) is 35.1 Å². The van der Waals surface area contributed by atoms with Gasteiger partial charge in [0.15, 0.2) is 0 Å². The third-order valence-corrected chi connectivity index (χ3v) is 3.45. The van der Waals surface area contributed by atoms with Crippen molar-refractivity contribution in [2.75, 3.05) is 13.2 Å². The van der Waals surface area contributed by atoms with Crippen LogP contribution in [-0.2, 0) is 4.74 Å². The number of H-pyrrole nitrogens is 1. The van der Waals surface area contributed by atoms with Crippen molar-refractivity contribution in [1.29, 1.82) is 0 Å². The number of amides is 1. The molecule has 0 radical (unpaired) electrons. The Kier molecular flexibility index (Phi) is 3.46. The highest BCUT2D eigenvalue weighted by Gasteiger charge is 2.15. The van der Waals surface area contributed by atoms with Gasteiger partial charge in [0, 0.05) is 18.7 Å². The highest BCUT2D eigenvalue weighted by molar-refractivity contribution is 5.97. The molecular formula is C14H17N3O2. The van der Waals surface area contributed by atoms with Crippen LogP contribution in [0.15, 0.2) is 24.5 Å². The van der Waals surface area contributed by atoms with Gasteiger partial charge in [0.2, 0.25) is 0 Å². The van der Waals surface area contributed by atoms with Crippen molar-refractivity contribution in [3.05, 3.63) is 30.1 Å². The second-order valence-corrected chi connectivity index (χ2v) is 4.83. The number of carbonyl (C=O) groups is 1. The SMILES string of the molecule is O=C(NCC1CCCCO1)c1ccc2nc[nH]c2c1. The van der Waals surface area contributed by atoms with Crippen molar-refractivity contribution in [2.24, 2.45) is 0 Å². The Hall–Kier alpha value is -1.88.